The summed E-state index contributed by atoms with van der Waals surface area (Å²) in [6.07, 6.45) is 44.5. The molecule has 7 N–H and O–H groups in total. The Hall–Kier alpha value is -3.72. The standard InChI is InChI=1S/C89H166N2O17/c1-8-14-20-26-32-38-40-46-52-58-64-81(97)105-75(62-56-50-44-36-30-24-18-12-5)68-80(96)91-86(77(70-92)107-84(100)69-76(63-57-51-45-37-31-25-19-13-6)106-82(98)65-59-53-47-41-39-33-27-21-15-9-2)89(102)103-71-78-87(101)88(108-83(99)67-74(94)61-55-49-43-35-29-23-17-11-4)85(72(7)104-78)90-79(95)66-73(93)60-54-48-42-34-28-22-16-10-3/h72-76,78,85,87-89,92-94,101-102H,8-71H2,1-7H3,(H,90,95)(H,91,96)/b86-77+/t72?,73-,74-,75-,76-,78?,85?,87?,88?,89+/m1/s1. The van der Waals surface area contributed by atoms with Crippen molar-refractivity contribution in [3.8, 4) is 0 Å². The van der Waals surface area contributed by atoms with Crippen molar-refractivity contribution in [2.45, 2.75) is 508 Å². The van der Waals surface area contributed by atoms with Crippen LogP contribution in [0.15, 0.2) is 11.5 Å². The number of esters is 4. The van der Waals surface area contributed by atoms with Crippen LogP contribution in [0.1, 0.15) is 447 Å². The van der Waals surface area contributed by atoms with E-state index in [2.05, 4.69) is 52.2 Å². The van der Waals surface area contributed by atoms with Crippen LogP contribution in [0.4, 0.5) is 0 Å². The molecule has 0 aromatic heterocycles. The number of carbonyl (C=O) groups is 6. The number of hydrogen-bond acceptors (Lipinski definition) is 17. The van der Waals surface area contributed by atoms with Crippen molar-refractivity contribution in [3.05, 3.63) is 11.5 Å². The van der Waals surface area contributed by atoms with Gasteiger partial charge in [-0.1, -0.05) is 350 Å². The predicted octanol–water partition coefficient (Wildman–Crippen LogP) is 20.6. The van der Waals surface area contributed by atoms with Crippen molar-refractivity contribution in [3.63, 3.8) is 0 Å². The zero-order valence-electron chi connectivity index (χ0n) is 70.2. The lowest BCUT2D eigenvalue weighted by molar-refractivity contribution is -0.221. The zero-order valence-corrected chi connectivity index (χ0v) is 70.2. The highest BCUT2D eigenvalue weighted by Crippen LogP contribution is 2.28. The van der Waals surface area contributed by atoms with Gasteiger partial charge < -0.3 is 64.6 Å². The summed E-state index contributed by atoms with van der Waals surface area (Å²) >= 11 is 0. The number of carbonyl (C=O) groups excluding carboxylic acids is 6. The molecule has 0 aromatic rings. The van der Waals surface area contributed by atoms with Crippen molar-refractivity contribution in [2.75, 3.05) is 13.2 Å². The van der Waals surface area contributed by atoms with Crippen LogP contribution in [0.3, 0.4) is 0 Å². The molecule has 1 fully saturated rings. The van der Waals surface area contributed by atoms with Crippen molar-refractivity contribution < 1.29 is 82.7 Å². The fourth-order valence-corrected chi connectivity index (χ4v) is 14.6. The summed E-state index contributed by atoms with van der Waals surface area (Å²) in [7, 11) is 0. The minimum Gasteiger partial charge on any atom is -0.462 e. The number of amides is 2. The fraction of sp³-hybridized carbons (Fsp3) is 0.910. The van der Waals surface area contributed by atoms with Gasteiger partial charge in [0.15, 0.2) is 18.2 Å². The van der Waals surface area contributed by atoms with Gasteiger partial charge in [-0.05, 0) is 58.3 Å². The van der Waals surface area contributed by atoms with E-state index in [1.54, 1.807) is 6.92 Å². The Bertz CT molecular complexity index is 2200. The number of aliphatic hydroxyl groups is 5. The van der Waals surface area contributed by atoms with Crippen LogP contribution in [0.25, 0.3) is 0 Å². The summed E-state index contributed by atoms with van der Waals surface area (Å²) in [6, 6.07) is -1.14. The van der Waals surface area contributed by atoms with E-state index in [0.717, 1.165) is 161 Å². The zero-order chi connectivity index (χ0) is 79.3. The van der Waals surface area contributed by atoms with Gasteiger partial charge >= 0.3 is 23.9 Å². The lowest BCUT2D eigenvalue weighted by atomic mass is 9.92. The van der Waals surface area contributed by atoms with Gasteiger partial charge in [0.05, 0.1) is 56.6 Å². The van der Waals surface area contributed by atoms with Gasteiger partial charge in [-0.25, -0.2) is 0 Å². The third-order valence-corrected chi connectivity index (χ3v) is 21.4. The number of rotatable bonds is 77. The molecule has 0 radical (unpaired) electrons. The third-order valence-electron chi connectivity index (χ3n) is 21.4. The first kappa shape index (κ1) is 102. The van der Waals surface area contributed by atoms with Crippen LogP contribution in [-0.4, -0.2) is 136 Å². The molecule has 0 aliphatic carbocycles. The minimum absolute atomic E-state index is 0.188. The maximum atomic E-state index is 14.6. The van der Waals surface area contributed by atoms with E-state index in [9.17, 15) is 54.3 Å². The summed E-state index contributed by atoms with van der Waals surface area (Å²) in [6.45, 7) is 13.1. The van der Waals surface area contributed by atoms with Crippen LogP contribution >= 0.6 is 0 Å². The van der Waals surface area contributed by atoms with Gasteiger partial charge in [-0.3, -0.25) is 28.8 Å². The van der Waals surface area contributed by atoms with Crippen LogP contribution in [0.5, 0.6) is 0 Å². The van der Waals surface area contributed by atoms with E-state index >= 15 is 0 Å². The number of ether oxygens (including phenoxy) is 6. The average Bonchev–Trinajstić information content (AvgIpc) is 0.798. The fourth-order valence-electron chi connectivity index (χ4n) is 14.6. The first-order valence-corrected chi connectivity index (χ1v) is 45.2. The molecule has 1 saturated heterocycles. The number of hydrogen-bond donors (Lipinski definition) is 7. The number of nitrogens with one attached hydrogen (secondary N) is 2. The number of aliphatic hydroxyl groups excluding tert-OH is 5. The topological polar surface area (TPSA) is 283 Å². The summed E-state index contributed by atoms with van der Waals surface area (Å²) in [5.74, 6) is -4.47. The Balaban J connectivity index is 3.73. The summed E-state index contributed by atoms with van der Waals surface area (Å²) in [5.41, 5.74) is -0.557. The molecule has 1 aliphatic rings. The van der Waals surface area contributed by atoms with Gasteiger partial charge in [0.25, 0.3) is 0 Å². The molecule has 634 valence electrons. The first-order valence-electron chi connectivity index (χ1n) is 45.2. The van der Waals surface area contributed by atoms with E-state index in [0.29, 0.717) is 57.8 Å². The van der Waals surface area contributed by atoms with Crippen LogP contribution in [-0.2, 0) is 57.2 Å². The van der Waals surface area contributed by atoms with Gasteiger partial charge in [0.2, 0.25) is 11.8 Å². The molecule has 19 heteroatoms. The Morgan fingerprint density at radius 3 is 1.09 bits per heavy atom. The highest BCUT2D eigenvalue weighted by atomic mass is 16.6. The van der Waals surface area contributed by atoms with Crippen molar-refractivity contribution in [1.82, 2.24) is 10.6 Å². The van der Waals surface area contributed by atoms with E-state index in [1.165, 1.54) is 141 Å². The Morgan fingerprint density at radius 1 is 0.389 bits per heavy atom. The molecule has 0 saturated carbocycles. The SMILES string of the molecule is CCCCCCCCCCCCC(=O)O[C@H](CCCCCCCCCC)CC(=O)N/C(=C(\CO)OC(=O)C[C@@H](CCCCCCCCCC)OC(=O)CCCCCCCCCCCC)[C@@H](O)OCC1OC(C)C(NC(=O)C[C@H](O)CCCCCCCCCC)C(OC(=O)C[C@H](O)CCCCCCCCCC)C1O. The Labute approximate surface area is 658 Å². The molecule has 0 bridgehead atoms. The van der Waals surface area contributed by atoms with Crippen molar-refractivity contribution >= 4 is 35.7 Å². The summed E-state index contributed by atoms with van der Waals surface area (Å²) in [4.78, 5) is 83.6. The second-order valence-corrected chi connectivity index (χ2v) is 31.9. The highest BCUT2D eigenvalue weighted by molar-refractivity contribution is 5.80. The van der Waals surface area contributed by atoms with Gasteiger partial charge in [-0.2, -0.15) is 0 Å². The predicted molar refractivity (Wildman–Crippen MR) is 435 cm³/mol. The van der Waals surface area contributed by atoms with E-state index in [1.807, 2.05) is 0 Å². The van der Waals surface area contributed by atoms with Gasteiger partial charge in [-0.15, -0.1) is 0 Å². The van der Waals surface area contributed by atoms with Crippen molar-refractivity contribution in [1.29, 1.82) is 0 Å². The highest BCUT2D eigenvalue weighted by Gasteiger charge is 2.47. The second-order valence-electron chi connectivity index (χ2n) is 31.9. The molecular weight excluding hydrogens is 1370 g/mol. The lowest BCUT2D eigenvalue weighted by Gasteiger charge is -2.43. The normalized spacial score (nSPS) is 17.5. The minimum atomic E-state index is -2.19. The smallest absolute Gasteiger partial charge is 0.314 e. The quantitative estimate of drug-likeness (QED) is 0.00979. The van der Waals surface area contributed by atoms with Crippen molar-refractivity contribution in [2.24, 2.45) is 0 Å². The lowest BCUT2D eigenvalue weighted by Crippen LogP contribution is -2.65. The molecule has 19 nitrogen and oxygen atoms in total. The molecule has 1 aliphatic heterocycles. The van der Waals surface area contributed by atoms with Gasteiger partial charge in [0.1, 0.15) is 36.7 Å². The Kier molecular flexibility index (Phi) is 68.4. The van der Waals surface area contributed by atoms with E-state index in [4.69, 9.17) is 28.4 Å². The molecular formula is C89H166N2O17. The molecule has 108 heavy (non-hydrogen) atoms. The first-order chi connectivity index (χ1) is 52.5. The average molecular weight is 1540 g/mol. The van der Waals surface area contributed by atoms with E-state index in [-0.39, 0.29) is 32.1 Å². The molecule has 0 spiro atoms. The second kappa shape index (κ2) is 72.3. The van der Waals surface area contributed by atoms with E-state index < -0.39 is 128 Å². The maximum Gasteiger partial charge on any atom is 0.314 e. The largest absolute Gasteiger partial charge is 0.462 e. The summed E-state index contributed by atoms with van der Waals surface area (Å²) < 4.78 is 36.4. The molecule has 2 amide bonds. The monoisotopic (exact) mass is 1540 g/mol. The molecule has 1 rings (SSSR count). The number of unbranched alkanes of at least 4 members (excludes halogenated alkanes) is 46. The molecule has 10 atom stereocenters. The molecule has 5 unspecified atom stereocenters. The third kappa shape index (κ3) is 57.3. The van der Waals surface area contributed by atoms with Crippen LogP contribution in [0, 0.1) is 0 Å². The Morgan fingerprint density at radius 2 is 0.722 bits per heavy atom. The molecule has 0 aromatic carbocycles. The summed E-state index contributed by atoms with van der Waals surface area (Å²) in [5, 5.41) is 63.2. The van der Waals surface area contributed by atoms with Gasteiger partial charge in [0, 0.05) is 12.8 Å². The maximum absolute atomic E-state index is 14.6. The molecule has 1 heterocycles. The van der Waals surface area contributed by atoms with Crippen LogP contribution < -0.4 is 10.6 Å². The van der Waals surface area contributed by atoms with Crippen LogP contribution in [0.2, 0.25) is 0 Å².